The van der Waals surface area contributed by atoms with E-state index in [0.717, 1.165) is 16.5 Å². The van der Waals surface area contributed by atoms with Crippen molar-refractivity contribution in [2.75, 3.05) is 27.9 Å². The molecule has 1 aromatic heterocycles. The number of hydrogen-bond acceptors (Lipinski definition) is 6. The normalized spacial score (nSPS) is 10.8. The number of fused-ring (bicyclic) bond motifs is 1. The molecule has 1 heterocycles. The van der Waals surface area contributed by atoms with Crippen LogP contribution in [0, 0.1) is 6.92 Å². The van der Waals surface area contributed by atoms with Gasteiger partial charge in [0, 0.05) is 36.5 Å². The van der Waals surface area contributed by atoms with E-state index in [4.69, 9.17) is 18.6 Å². The molecule has 0 atom stereocenters. The molecule has 0 N–H and O–H groups in total. The number of carbonyl (C=O) groups excluding carboxylic acids is 1. The Hall–Kier alpha value is -3.48. The second kappa shape index (κ2) is 10.2. The van der Waals surface area contributed by atoms with Gasteiger partial charge in [-0.1, -0.05) is 6.07 Å². The first-order valence-electron chi connectivity index (χ1n) is 10.5. The van der Waals surface area contributed by atoms with Gasteiger partial charge >= 0.3 is 5.63 Å². The Labute approximate surface area is 187 Å². The lowest BCUT2D eigenvalue weighted by Gasteiger charge is -2.22. The van der Waals surface area contributed by atoms with Gasteiger partial charge in [-0.2, -0.15) is 0 Å². The van der Waals surface area contributed by atoms with Gasteiger partial charge in [0.15, 0.2) is 11.5 Å². The predicted octanol–water partition coefficient (Wildman–Crippen LogP) is 4.11. The van der Waals surface area contributed by atoms with Gasteiger partial charge in [-0.25, -0.2) is 4.79 Å². The van der Waals surface area contributed by atoms with Gasteiger partial charge in [0.2, 0.25) is 5.91 Å². The topological polar surface area (TPSA) is 78.2 Å². The summed E-state index contributed by atoms with van der Waals surface area (Å²) in [5, 5.41) is 0.838. The molecule has 7 heteroatoms. The van der Waals surface area contributed by atoms with Crippen LogP contribution in [0.2, 0.25) is 0 Å². The first-order chi connectivity index (χ1) is 15.4. The van der Waals surface area contributed by atoms with Crippen molar-refractivity contribution in [3.8, 4) is 17.2 Å². The first kappa shape index (κ1) is 23.2. The maximum absolute atomic E-state index is 12.9. The van der Waals surface area contributed by atoms with Crippen molar-refractivity contribution in [3.05, 3.63) is 63.5 Å². The molecule has 32 heavy (non-hydrogen) atoms. The molecule has 3 rings (SSSR count). The number of ether oxygens (including phenoxy) is 3. The number of methoxy groups -OCH3 is 3. The average Bonchev–Trinajstić information content (AvgIpc) is 2.81. The lowest BCUT2D eigenvalue weighted by molar-refractivity contribution is -0.131. The van der Waals surface area contributed by atoms with Crippen LogP contribution in [0.4, 0.5) is 0 Å². The zero-order chi connectivity index (χ0) is 23.3. The van der Waals surface area contributed by atoms with Gasteiger partial charge in [-0.3, -0.25) is 4.79 Å². The molecule has 0 radical (unpaired) electrons. The summed E-state index contributed by atoms with van der Waals surface area (Å²) >= 11 is 0. The van der Waals surface area contributed by atoms with E-state index in [1.807, 2.05) is 44.2 Å². The first-order valence-corrected chi connectivity index (χ1v) is 10.5. The van der Waals surface area contributed by atoms with Gasteiger partial charge in [0.05, 0.1) is 21.3 Å². The molecule has 7 nitrogen and oxygen atoms in total. The van der Waals surface area contributed by atoms with E-state index >= 15 is 0 Å². The molecule has 0 aliphatic heterocycles. The summed E-state index contributed by atoms with van der Waals surface area (Å²) < 4.78 is 21.3. The molecular formula is C25H29NO6. The molecule has 0 aliphatic rings. The van der Waals surface area contributed by atoms with E-state index in [0.29, 0.717) is 47.9 Å². The Morgan fingerprint density at radius 1 is 1.00 bits per heavy atom. The fourth-order valence-corrected chi connectivity index (χ4v) is 3.76. The molecule has 0 fully saturated rings. The van der Waals surface area contributed by atoms with Gasteiger partial charge in [0.25, 0.3) is 0 Å². The average molecular weight is 440 g/mol. The summed E-state index contributed by atoms with van der Waals surface area (Å²) in [6.45, 7) is 4.81. The second-order valence-corrected chi connectivity index (χ2v) is 7.45. The number of benzene rings is 2. The molecule has 170 valence electrons. The second-order valence-electron chi connectivity index (χ2n) is 7.45. The Bertz CT molecular complexity index is 1170. The predicted molar refractivity (Wildman–Crippen MR) is 123 cm³/mol. The van der Waals surface area contributed by atoms with Gasteiger partial charge in [-0.15, -0.1) is 0 Å². The van der Waals surface area contributed by atoms with E-state index in [9.17, 15) is 9.59 Å². The zero-order valence-electron chi connectivity index (χ0n) is 19.2. The highest BCUT2D eigenvalue weighted by molar-refractivity contribution is 5.82. The summed E-state index contributed by atoms with van der Waals surface area (Å²) in [5.74, 6) is 1.85. The molecule has 0 saturated carbocycles. The van der Waals surface area contributed by atoms with Crippen LogP contribution in [0.15, 0.2) is 45.6 Å². The van der Waals surface area contributed by atoms with Crippen LogP contribution in [0.1, 0.15) is 30.0 Å². The maximum Gasteiger partial charge on any atom is 0.339 e. The van der Waals surface area contributed by atoms with Crippen molar-refractivity contribution < 1.29 is 23.4 Å². The van der Waals surface area contributed by atoms with Crippen LogP contribution in [-0.2, 0) is 17.8 Å². The van der Waals surface area contributed by atoms with E-state index in [1.165, 1.54) is 0 Å². The number of rotatable bonds is 9. The number of hydrogen-bond donors (Lipinski definition) is 0. The number of amides is 1. The van der Waals surface area contributed by atoms with Crippen LogP contribution in [-0.4, -0.2) is 38.7 Å². The molecule has 0 unspecified atom stereocenters. The molecular weight excluding hydrogens is 410 g/mol. The molecule has 0 saturated heterocycles. The summed E-state index contributed by atoms with van der Waals surface area (Å²) in [5.41, 5.74) is 2.35. The minimum absolute atomic E-state index is 0.0316. The van der Waals surface area contributed by atoms with Crippen molar-refractivity contribution in [1.29, 1.82) is 0 Å². The van der Waals surface area contributed by atoms with Crippen molar-refractivity contribution >= 4 is 16.9 Å². The van der Waals surface area contributed by atoms with E-state index in [-0.39, 0.29) is 12.3 Å². The minimum Gasteiger partial charge on any atom is -0.497 e. The highest BCUT2D eigenvalue weighted by Gasteiger charge is 2.17. The van der Waals surface area contributed by atoms with Crippen LogP contribution < -0.4 is 19.8 Å². The molecule has 3 aromatic rings. The van der Waals surface area contributed by atoms with Crippen LogP contribution in [0.25, 0.3) is 11.0 Å². The van der Waals surface area contributed by atoms with Gasteiger partial charge in [0.1, 0.15) is 11.3 Å². The molecule has 1 amide bonds. The van der Waals surface area contributed by atoms with E-state index in [1.54, 1.807) is 32.3 Å². The molecule has 2 aromatic carbocycles. The SMILES string of the molecule is CCN(Cc1ccc(OC)c(OC)c1)C(=O)CCc1c(C)c2ccc(OC)cc2oc1=O. The third kappa shape index (κ3) is 4.88. The smallest absolute Gasteiger partial charge is 0.339 e. The quantitative estimate of drug-likeness (QED) is 0.467. The van der Waals surface area contributed by atoms with E-state index < -0.39 is 5.63 Å². The number of aryl methyl sites for hydroxylation is 1. The fraction of sp³-hybridized carbons (Fsp3) is 0.360. The Morgan fingerprint density at radius 3 is 2.41 bits per heavy atom. The van der Waals surface area contributed by atoms with Crippen molar-refractivity contribution in [2.45, 2.75) is 33.2 Å². The van der Waals surface area contributed by atoms with Gasteiger partial charge in [-0.05, 0) is 55.7 Å². The number of carbonyl (C=O) groups is 1. The lowest BCUT2D eigenvalue weighted by atomic mass is 10.0. The highest BCUT2D eigenvalue weighted by atomic mass is 16.5. The van der Waals surface area contributed by atoms with Gasteiger partial charge < -0.3 is 23.5 Å². The zero-order valence-corrected chi connectivity index (χ0v) is 19.2. The Morgan fingerprint density at radius 2 is 1.75 bits per heavy atom. The third-order valence-electron chi connectivity index (χ3n) is 5.64. The molecule has 0 spiro atoms. The summed E-state index contributed by atoms with van der Waals surface area (Å²) in [7, 11) is 4.73. The highest BCUT2D eigenvalue weighted by Crippen LogP contribution is 2.28. The maximum atomic E-state index is 12.9. The van der Waals surface area contributed by atoms with Crippen molar-refractivity contribution in [1.82, 2.24) is 4.90 Å². The molecule has 0 bridgehead atoms. The Kier molecular flexibility index (Phi) is 7.41. The van der Waals surface area contributed by atoms with Crippen LogP contribution in [0.3, 0.4) is 0 Å². The number of nitrogens with zero attached hydrogens (tertiary/aromatic N) is 1. The summed E-state index contributed by atoms with van der Waals surface area (Å²) in [4.78, 5) is 27.2. The standard InChI is InChI=1S/C25H29NO6/c1-6-26(15-17-7-11-21(30-4)23(13-17)31-5)24(27)12-10-20-16(2)19-9-8-18(29-3)14-22(19)32-25(20)28/h7-9,11,13-14H,6,10,12,15H2,1-5H3. The lowest BCUT2D eigenvalue weighted by Crippen LogP contribution is -2.31. The fourth-order valence-electron chi connectivity index (χ4n) is 3.76. The Balaban J connectivity index is 1.75. The minimum atomic E-state index is -0.418. The monoisotopic (exact) mass is 439 g/mol. The van der Waals surface area contributed by atoms with Crippen LogP contribution in [0.5, 0.6) is 17.2 Å². The van der Waals surface area contributed by atoms with Crippen LogP contribution >= 0.6 is 0 Å². The molecule has 0 aliphatic carbocycles. The van der Waals surface area contributed by atoms with Crippen molar-refractivity contribution in [2.24, 2.45) is 0 Å². The van der Waals surface area contributed by atoms with E-state index in [2.05, 4.69) is 0 Å². The largest absolute Gasteiger partial charge is 0.497 e. The third-order valence-corrected chi connectivity index (χ3v) is 5.64. The summed E-state index contributed by atoms with van der Waals surface area (Å²) in [6, 6.07) is 11.0. The summed E-state index contributed by atoms with van der Waals surface area (Å²) in [6.07, 6.45) is 0.534. The van der Waals surface area contributed by atoms with Crippen molar-refractivity contribution in [3.63, 3.8) is 0 Å².